The Hall–Kier alpha value is -1.11. The zero-order chi connectivity index (χ0) is 13.2. The SMILES string of the molecule is COC1CCC(NS(=O)(=O)c2cccc(N)c2)C1. The fourth-order valence-corrected chi connectivity index (χ4v) is 3.57. The third-order valence-electron chi connectivity index (χ3n) is 3.21. The van der Waals surface area contributed by atoms with Gasteiger partial charge in [-0.2, -0.15) is 0 Å². The van der Waals surface area contributed by atoms with Crippen molar-refractivity contribution in [1.82, 2.24) is 4.72 Å². The molecule has 0 aromatic heterocycles. The van der Waals surface area contributed by atoms with Crippen molar-refractivity contribution in [1.29, 1.82) is 0 Å². The molecule has 2 atom stereocenters. The highest BCUT2D eigenvalue weighted by atomic mass is 32.2. The van der Waals surface area contributed by atoms with Crippen LogP contribution in [0.1, 0.15) is 19.3 Å². The Bertz CT molecular complexity index is 516. The number of methoxy groups -OCH3 is 1. The maximum absolute atomic E-state index is 12.1. The number of anilines is 1. The summed E-state index contributed by atoms with van der Waals surface area (Å²) in [6.45, 7) is 0. The Morgan fingerprint density at radius 3 is 2.78 bits per heavy atom. The Morgan fingerprint density at radius 1 is 1.39 bits per heavy atom. The van der Waals surface area contributed by atoms with E-state index in [0.29, 0.717) is 5.69 Å². The number of ether oxygens (including phenoxy) is 1. The van der Waals surface area contributed by atoms with E-state index in [1.54, 1.807) is 25.3 Å². The van der Waals surface area contributed by atoms with Gasteiger partial charge in [-0.3, -0.25) is 0 Å². The number of nitrogens with two attached hydrogens (primary N) is 1. The molecule has 100 valence electrons. The molecular weight excluding hydrogens is 252 g/mol. The molecule has 5 nitrogen and oxygen atoms in total. The minimum absolute atomic E-state index is 0.0543. The van der Waals surface area contributed by atoms with Crippen LogP contribution in [0.15, 0.2) is 29.2 Å². The topological polar surface area (TPSA) is 81.4 Å². The van der Waals surface area contributed by atoms with Gasteiger partial charge >= 0.3 is 0 Å². The largest absolute Gasteiger partial charge is 0.399 e. The van der Waals surface area contributed by atoms with Crippen LogP contribution in [0.25, 0.3) is 0 Å². The number of nitrogens with one attached hydrogen (secondary N) is 1. The van der Waals surface area contributed by atoms with Crippen LogP contribution in [-0.2, 0) is 14.8 Å². The molecule has 0 bridgehead atoms. The average Bonchev–Trinajstić information content (AvgIpc) is 2.76. The van der Waals surface area contributed by atoms with Crippen molar-refractivity contribution in [3.8, 4) is 0 Å². The quantitative estimate of drug-likeness (QED) is 0.803. The van der Waals surface area contributed by atoms with Gasteiger partial charge in [0.1, 0.15) is 0 Å². The molecule has 2 unspecified atom stereocenters. The second kappa shape index (κ2) is 5.26. The van der Waals surface area contributed by atoms with Crippen molar-refractivity contribution in [2.45, 2.75) is 36.3 Å². The maximum Gasteiger partial charge on any atom is 0.240 e. The molecule has 1 saturated carbocycles. The van der Waals surface area contributed by atoms with Gasteiger partial charge < -0.3 is 10.5 Å². The van der Waals surface area contributed by atoms with E-state index < -0.39 is 10.0 Å². The van der Waals surface area contributed by atoms with E-state index >= 15 is 0 Å². The fraction of sp³-hybridized carbons (Fsp3) is 0.500. The second-order valence-electron chi connectivity index (χ2n) is 4.56. The van der Waals surface area contributed by atoms with Crippen molar-refractivity contribution < 1.29 is 13.2 Å². The van der Waals surface area contributed by atoms with Gasteiger partial charge in [-0.1, -0.05) is 6.07 Å². The Balaban J connectivity index is 2.09. The summed E-state index contributed by atoms with van der Waals surface area (Å²) in [7, 11) is -1.83. The summed E-state index contributed by atoms with van der Waals surface area (Å²) in [6, 6.07) is 6.25. The molecule has 1 aliphatic rings. The third-order valence-corrected chi connectivity index (χ3v) is 4.73. The van der Waals surface area contributed by atoms with Gasteiger partial charge in [0.05, 0.1) is 11.0 Å². The predicted molar refractivity (Wildman–Crippen MR) is 69.6 cm³/mol. The summed E-state index contributed by atoms with van der Waals surface area (Å²) in [5, 5.41) is 0. The highest BCUT2D eigenvalue weighted by Gasteiger charge is 2.28. The van der Waals surface area contributed by atoms with Crippen LogP contribution >= 0.6 is 0 Å². The van der Waals surface area contributed by atoms with E-state index in [-0.39, 0.29) is 17.0 Å². The van der Waals surface area contributed by atoms with Crippen LogP contribution in [0, 0.1) is 0 Å². The van der Waals surface area contributed by atoms with Gasteiger partial charge in [-0.15, -0.1) is 0 Å². The lowest BCUT2D eigenvalue weighted by Crippen LogP contribution is -2.33. The molecular formula is C12H18N2O3S. The van der Waals surface area contributed by atoms with Gasteiger partial charge in [-0.05, 0) is 37.5 Å². The summed E-state index contributed by atoms with van der Waals surface area (Å²) >= 11 is 0. The standard InChI is InChI=1S/C12H18N2O3S/c1-17-11-6-5-10(8-11)14-18(15,16)12-4-2-3-9(13)7-12/h2-4,7,10-11,14H,5-6,8,13H2,1H3. The van der Waals surface area contributed by atoms with Crippen molar-refractivity contribution in [3.63, 3.8) is 0 Å². The molecule has 3 N–H and O–H groups in total. The van der Waals surface area contributed by atoms with Crippen molar-refractivity contribution in [2.24, 2.45) is 0 Å². The third kappa shape index (κ3) is 3.01. The number of hydrogen-bond acceptors (Lipinski definition) is 4. The zero-order valence-electron chi connectivity index (χ0n) is 10.3. The molecule has 0 heterocycles. The van der Waals surface area contributed by atoms with Crippen LogP contribution in [0.5, 0.6) is 0 Å². The first-order valence-electron chi connectivity index (χ1n) is 5.92. The molecule has 0 radical (unpaired) electrons. The number of nitrogen functional groups attached to an aromatic ring is 1. The molecule has 1 fully saturated rings. The molecule has 1 aliphatic carbocycles. The lowest BCUT2D eigenvalue weighted by atomic mass is 10.3. The number of rotatable bonds is 4. The summed E-state index contributed by atoms with van der Waals surface area (Å²) in [5.74, 6) is 0. The second-order valence-corrected chi connectivity index (χ2v) is 6.28. The first-order valence-corrected chi connectivity index (χ1v) is 7.40. The van der Waals surface area contributed by atoms with Gasteiger partial charge in [0.15, 0.2) is 0 Å². The first-order chi connectivity index (χ1) is 8.51. The van der Waals surface area contributed by atoms with Crippen molar-refractivity contribution in [3.05, 3.63) is 24.3 Å². The highest BCUT2D eigenvalue weighted by Crippen LogP contribution is 2.23. The normalized spacial score (nSPS) is 24.3. The monoisotopic (exact) mass is 270 g/mol. The smallest absolute Gasteiger partial charge is 0.240 e. The number of hydrogen-bond donors (Lipinski definition) is 2. The van der Waals surface area contributed by atoms with Crippen LogP contribution < -0.4 is 10.5 Å². The van der Waals surface area contributed by atoms with Crippen LogP contribution in [-0.4, -0.2) is 27.7 Å². The minimum atomic E-state index is -3.48. The molecule has 0 aliphatic heterocycles. The molecule has 18 heavy (non-hydrogen) atoms. The summed E-state index contributed by atoms with van der Waals surface area (Å²) in [6.07, 6.45) is 2.57. The Kier molecular flexibility index (Phi) is 3.89. The molecule has 0 amide bonds. The molecule has 0 saturated heterocycles. The fourth-order valence-electron chi connectivity index (χ4n) is 2.23. The number of sulfonamides is 1. The lowest BCUT2D eigenvalue weighted by Gasteiger charge is -2.13. The van der Waals surface area contributed by atoms with Crippen LogP contribution in [0.3, 0.4) is 0 Å². The summed E-state index contributed by atoms with van der Waals surface area (Å²) in [4.78, 5) is 0.211. The van der Waals surface area contributed by atoms with Gasteiger partial charge in [0.2, 0.25) is 10.0 Å². The molecule has 1 aromatic carbocycles. The van der Waals surface area contributed by atoms with E-state index in [4.69, 9.17) is 10.5 Å². The molecule has 1 aromatic rings. The maximum atomic E-state index is 12.1. The molecule has 0 spiro atoms. The summed E-state index contributed by atoms with van der Waals surface area (Å²) < 4.78 is 32.2. The summed E-state index contributed by atoms with van der Waals surface area (Å²) in [5.41, 5.74) is 6.04. The van der Waals surface area contributed by atoms with Crippen molar-refractivity contribution in [2.75, 3.05) is 12.8 Å². The van der Waals surface area contributed by atoms with E-state index in [1.165, 1.54) is 6.07 Å². The molecule has 6 heteroatoms. The van der Waals surface area contributed by atoms with E-state index in [9.17, 15) is 8.42 Å². The first kappa shape index (κ1) is 13.3. The van der Waals surface area contributed by atoms with Crippen molar-refractivity contribution >= 4 is 15.7 Å². The zero-order valence-corrected chi connectivity index (χ0v) is 11.1. The van der Waals surface area contributed by atoms with E-state index in [1.807, 2.05) is 0 Å². The van der Waals surface area contributed by atoms with E-state index in [0.717, 1.165) is 19.3 Å². The Morgan fingerprint density at radius 2 is 2.17 bits per heavy atom. The van der Waals surface area contributed by atoms with E-state index in [2.05, 4.69) is 4.72 Å². The minimum Gasteiger partial charge on any atom is -0.399 e. The van der Waals surface area contributed by atoms with Gasteiger partial charge in [-0.25, -0.2) is 13.1 Å². The van der Waals surface area contributed by atoms with Gasteiger partial charge in [0.25, 0.3) is 0 Å². The van der Waals surface area contributed by atoms with Crippen LogP contribution in [0.4, 0.5) is 5.69 Å². The highest BCUT2D eigenvalue weighted by molar-refractivity contribution is 7.89. The number of benzene rings is 1. The van der Waals surface area contributed by atoms with Crippen LogP contribution in [0.2, 0.25) is 0 Å². The molecule has 2 rings (SSSR count). The van der Waals surface area contributed by atoms with Gasteiger partial charge in [0, 0.05) is 18.8 Å². The predicted octanol–water partition coefficient (Wildman–Crippen LogP) is 1.11. The lowest BCUT2D eigenvalue weighted by molar-refractivity contribution is 0.107. The average molecular weight is 270 g/mol. The Labute approximate surface area is 107 Å².